The van der Waals surface area contributed by atoms with E-state index in [2.05, 4.69) is 24.0 Å². The molecule has 2 amide bonds. The molecule has 7 nitrogen and oxygen atoms in total. The minimum absolute atomic E-state index is 0.0634. The standard InChI is InChI=1S/C25H33N3O4/c1-20(18-26-13-16-31-17-14-26)28(19-21-6-3-2-4-7-21)24(29)22-9-11-27(12-10-22)25(30)23-8-5-15-32-23/h2-8,15,20,22H,9-14,16-19H2,1H3. The van der Waals surface area contributed by atoms with Gasteiger partial charge in [0.25, 0.3) is 5.91 Å². The zero-order valence-corrected chi connectivity index (χ0v) is 18.8. The lowest BCUT2D eigenvalue weighted by Gasteiger charge is -2.38. The summed E-state index contributed by atoms with van der Waals surface area (Å²) in [5, 5.41) is 0. The first-order valence-corrected chi connectivity index (χ1v) is 11.6. The lowest BCUT2D eigenvalue weighted by Crippen LogP contribution is -2.51. The average Bonchev–Trinajstić information content (AvgIpc) is 3.38. The first-order valence-electron chi connectivity index (χ1n) is 11.6. The van der Waals surface area contributed by atoms with E-state index in [9.17, 15) is 9.59 Å². The largest absolute Gasteiger partial charge is 0.459 e. The summed E-state index contributed by atoms with van der Waals surface area (Å²) in [6, 6.07) is 13.7. The summed E-state index contributed by atoms with van der Waals surface area (Å²) in [5.41, 5.74) is 1.14. The van der Waals surface area contributed by atoms with Gasteiger partial charge in [0.2, 0.25) is 5.91 Å². The van der Waals surface area contributed by atoms with E-state index in [-0.39, 0.29) is 23.8 Å². The smallest absolute Gasteiger partial charge is 0.289 e. The Morgan fingerprint density at radius 3 is 2.41 bits per heavy atom. The highest BCUT2D eigenvalue weighted by Gasteiger charge is 2.33. The van der Waals surface area contributed by atoms with E-state index in [0.717, 1.165) is 38.4 Å². The zero-order chi connectivity index (χ0) is 22.3. The minimum Gasteiger partial charge on any atom is -0.459 e. The number of benzene rings is 1. The summed E-state index contributed by atoms with van der Waals surface area (Å²) in [4.78, 5) is 32.4. The molecule has 0 radical (unpaired) electrons. The number of carbonyl (C=O) groups excluding carboxylic acids is 2. The molecule has 2 aliphatic rings. The van der Waals surface area contributed by atoms with Crippen LogP contribution in [0.3, 0.4) is 0 Å². The molecule has 0 saturated carbocycles. The summed E-state index contributed by atoms with van der Waals surface area (Å²) < 4.78 is 10.7. The highest BCUT2D eigenvalue weighted by Crippen LogP contribution is 2.24. The molecule has 1 aromatic carbocycles. The van der Waals surface area contributed by atoms with E-state index in [0.29, 0.717) is 38.2 Å². The monoisotopic (exact) mass is 439 g/mol. The zero-order valence-electron chi connectivity index (χ0n) is 18.8. The van der Waals surface area contributed by atoms with Gasteiger partial charge in [-0.05, 0) is 37.5 Å². The number of hydrogen-bond acceptors (Lipinski definition) is 5. The Morgan fingerprint density at radius 2 is 1.75 bits per heavy atom. The Kier molecular flexibility index (Phi) is 7.60. The molecule has 1 aromatic heterocycles. The van der Waals surface area contributed by atoms with E-state index in [1.54, 1.807) is 17.0 Å². The van der Waals surface area contributed by atoms with Crippen molar-refractivity contribution in [2.45, 2.75) is 32.4 Å². The van der Waals surface area contributed by atoms with E-state index in [1.807, 2.05) is 23.1 Å². The van der Waals surface area contributed by atoms with E-state index in [4.69, 9.17) is 9.15 Å². The van der Waals surface area contributed by atoms with Gasteiger partial charge in [-0.1, -0.05) is 30.3 Å². The molecule has 7 heteroatoms. The van der Waals surface area contributed by atoms with Crippen molar-refractivity contribution in [3.8, 4) is 0 Å². The van der Waals surface area contributed by atoms with Crippen LogP contribution in [0.5, 0.6) is 0 Å². The van der Waals surface area contributed by atoms with Gasteiger partial charge < -0.3 is 19.0 Å². The number of nitrogens with zero attached hydrogens (tertiary/aromatic N) is 3. The number of furan rings is 1. The van der Waals surface area contributed by atoms with Gasteiger partial charge in [-0.15, -0.1) is 0 Å². The van der Waals surface area contributed by atoms with Crippen LogP contribution < -0.4 is 0 Å². The Morgan fingerprint density at radius 1 is 1.03 bits per heavy atom. The molecule has 3 heterocycles. The van der Waals surface area contributed by atoms with Crippen molar-refractivity contribution in [1.82, 2.24) is 14.7 Å². The van der Waals surface area contributed by atoms with Crippen LogP contribution in [-0.4, -0.2) is 78.5 Å². The molecule has 32 heavy (non-hydrogen) atoms. The van der Waals surface area contributed by atoms with Crippen molar-refractivity contribution >= 4 is 11.8 Å². The van der Waals surface area contributed by atoms with E-state index < -0.39 is 0 Å². The van der Waals surface area contributed by atoms with Gasteiger partial charge in [-0.2, -0.15) is 0 Å². The van der Waals surface area contributed by atoms with Gasteiger partial charge in [0.15, 0.2) is 5.76 Å². The molecule has 172 valence electrons. The number of piperidine rings is 1. The Hall–Kier alpha value is -2.64. The number of morpholine rings is 1. The fourth-order valence-electron chi connectivity index (χ4n) is 4.61. The molecule has 1 unspecified atom stereocenters. The molecule has 1 atom stereocenters. The molecule has 0 bridgehead atoms. The van der Waals surface area contributed by atoms with E-state index in [1.165, 1.54) is 6.26 Å². The van der Waals surface area contributed by atoms with Crippen molar-refractivity contribution in [2.24, 2.45) is 5.92 Å². The lowest BCUT2D eigenvalue weighted by atomic mass is 9.94. The molecular formula is C25H33N3O4. The summed E-state index contributed by atoms with van der Waals surface area (Å²) in [6.07, 6.45) is 2.88. The fourth-order valence-corrected chi connectivity index (χ4v) is 4.61. The molecular weight excluding hydrogens is 406 g/mol. The maximum atomic E-state index is 13.7. The Balaban J connectivity index is 1.40. The second-order valence-electron chi connectivity index (χ2n) is 8.76. The van der Waals surface area contributed by atoms with Crippen LogP contribution in [0.2, 0.25) is 0 Å². The topological polar surface area (TPSA) is 66.2 Å². The summed E-state index contributed by atoms with van der Waals surface area (Å²) in [5.74, 6) is 0.397. The van der Waals surface area contributed by atoms with Crippen LogP contribution in [0.15, 0.2) is 53.1 Å². The molecule has 2 aliphatic heterocycles. The van der Waals surface area contributed by atoms with Crippen molar-refractivity contribution in [2.75, 3.05) is 45.9 Å². The van der Waals surface area contributed by atoms with Crippen LogP contribution >= 0.6 is 0 Å². The normalized spacial score (nSPS) is 19.0. The Labute approximate surface area is 189 Å². The molecule has 2 aromatic rings. The van der Waals surface area contributed by atoms with Crippen molar-refractivity contribution < 1.29 is 18.7 Å². The third-order valence-electron chi connectivity index (χ3n) is 6.50. The van der Waals surface area contributed by atoms with Crippen LogP contribution in [-0.2, 0) is 16.1 Å². The predicted octanol–water partition coefficient (Wildman–Crippen LogP) is 2.88. The van der Waals surface area contributed by atoms with Gasteiger partial charge in [-0.3, -0.25) is 14.5 Å². The predicted molar refractivity (Wildman–Crippen MR) is 121 cm³/mol. The van der Waals surface area contributed by atoms with Gasteiger partial charge >= 0.3 is 0 Å². The maximum Gasteiger partial charge on any atom is 0.289 e. The second-order valence-corrected chi connectivity index (χ2v) is 8.76. The van der Waals surface area contributed by atoms with Crippen LogP contribution in [0, 0.1) is 5.92 Å². The van der Waals surface area contributed by atoms with Gasteiger partial charge in [0.05, 0.1) is 19.5 Å². The maximum absolute atomic E-state index is 13.7. The quantitative estimate of drug-likeness (QED) is 0.664. The van der Waals surface area contributed by atoms with Gasteiger partial charge in [0, 0.05) is 51.2 Å². The van der Waals surface area contributed by atoms with E-state index >= 15 is 0 Å². The second kappa shape index (κ2) is 10.8. The minimum atomic E-state index is -0.0947. The number of amides is 2. The van der Waals surface area contributed by atoms with Gasteiger partial charge in [0.1, 0.15) is 0 Å². The van der Waals surface area contributed by atoms with Gasteiger partial charge in [-0.25, -0.2) is 0 Å². The average molecular weight is 440 g/mol. The SMILES string of the molecule is CC(CN1CCOCC1)N(Cc1ccccc1)C(=O)C1CCN(C(=O)c2ccco2)CC1. The molecule has 0 aliphatic carbocycles. The van der Waals surface area contributed by atoms with Crippen LogP contribution in [0.1, 0.15) is 35.9 Å². The third kappa shape index (κ3) is 5.58. The Bertz CT molecular complexity index is 857. The third-order valence-corrected chi connectivity index (χ3v) is 6.50. The van der Waals surface area contributed by atoms with Crippen LogP contribution in [0.4, 0.5) is 0 Å². The number of carbonyl (C=O) groups is 2. The molecule has 0 N–H and O–H groups in total. The highest BCUT2D eigenvalue weighted by atomic mass is 16.5. The molecule has 2 saturated heterocycles. The highest BCUT2D eigenvalue weighted by molar-refractivity contribution is 5.91. The summed E-state index contributed by atoms with van der Waals surface area (Å²) in [7, 11) is 0. The number of rotatable bonds is 7. The first-order chi connectivity index (χ1) is 15.6. The van der Waals surface area contributed by atoms with Crippen molar-refractivity contribution in [1.29, 1.82) is 0 Å². The number of likely N-dealkylation sites (tertiary alicyclic amines) is 1. The van der Waals surface area contributed by atoms with Crippen molar-refractivity contribution in [3.63, 3.8) is 0 Å². The number of ether oxygens (including phenoxy) is 1. The summed E-state index contributed by atoms with van der Waals surface area (Å²) in [6.45, 7) is 8.07. The fraction of sp³-hybridized carbons (Fsp3) is 0.520. The van der Waals surface area contributed by atoms with Crippen molar-refractivity contribution in [3.05, 3.63) is 60.1 Å². The number of hydrogen-bond donors (Lipinski definition) is 0. The molecule has 2 fully saturated rings. The summed E-state index contributed by atoms with van der Waals surface area (Å²) >= 11 is 0. The lowest BCUT2D eigenvalue weighted by molar-refractivity contribution is -0.140. The molecule has 4 rings (SSSR count). The molecule has 0 spiro atoms. The first kappa shape index (κ1) is 22.6. The van der Waals surface area contributed by atoms with Crippen LogP contribution in [0.25, 0.3) is 0 Å².